The number of amides is 2. The normalized spacial score (nSPS) is 20.9. The summed E-state index contributed by atoms with van der Waals surface area (Å²) in [4.78, 5) is 83.1. The number of carbonyl (C=O) groups excluding carboxylic acids is 3. The molecule has 14 nitrogen and oxygen atoms in total. The fourth-order valence-electron chi connectivity index (χ4n) is 7.90. The Morgan fingerprint density at radius 3 is 2.52 bits per heavy atom. The predicted octanol–water partition coefficient (Wildman–Crippen LogP) is 5.13. The van der Waals surface area contributed by atoms with Gasteiger partial charge in [-0.25, -0.2) is 13.3 Å². The maximum absolute atomic E-state index is 14.4. The largest absolute Gasteiger partial charge is 0.524 e. The van der Waals surface area contributed by atoms with E-state index in [1.807, 2.05) is 6.92 Å². The number of oxime groups is 1. The standard InChI is InChI=1S/C37H41F2N4O10P/c1-19-11-20(2)30(27(12-19)52-54(48,49)50)36(5,6)15-29(44)51-33-31-35(47)42-18-28(37(10-9-22(42)4)14-21(3)41-53-37)43(31)17-25(32(33)45)34(46)40-16-23-7-8-24(38)13-26(23)39/h7-8,11-13,17,22,28H,9-10,14-16,18H2,1-6H3,(H,40,46)(H2,48,49,50)/t22-,28+,37-/m0/s1. The molecule has 17 heteroatoms. The van der Waals surface area contributed by atoms with Crippen molar-refractivity contribution in [1.29, 1.82) is 0 Å². The molecule has 3 aromatic rings. The zero-order valence-corrected chi connectivity index (χ0v) is 31.5. The molecule has 3 aliphatic heterocycles. The fraction of sp³-hybridized carbons (Fsp3) is 0.432. The van der Waals surface area contributed by atoms with Crippen LogP contribution in [0.5, 0.6) is 11.5 Å². The van der Waals surface area contributed by atoms with E-state index in [0.717, 1.165) is 12.1 Å². The molecule has 54 heavy (non-hydrogen) atoms. The highest BCUT2D eigenvalue weighted by Crippen LogP contribution is 2.47. The van der Waals surface area contributed by atoms with Crippen LogP contribution >= 0.6 is 7.82 Å². The molecule has 0 saturated carbocycles. The Balaban J connectivity index is 1.44. The molecule has 3 N–H and O–H groups in total. The molecule has 288 valence electrons. The zero-order valence-electron chi connectivity index (χ0n) is 30.6. The Kier molecular flexibility index (Phi) is 10.1. The van der Waals surface area contributed by atoms with E-state index in [9.17, 15) is 42.3 Å². The number of esters is 1. The molecule has 1 saturated heterocycles. The number of halogens is 2. The third-order valence-electron chi connectivity index (χ3n) is 10.3. The van der Waals surface area contributed by atoms with Crippen LogP contribution in [-0.4, -0.2) is 60.9 Å². The third kappa shape index (κ3) is 7.42. The molecule has 1 fully saturated rings. The molecule has 0 aliphatic carbocycles. The van der Waals surface area contributed by atoms with Crippen LogP contribution in [0.1, 0.15) is 103 Å². The minimum Gasteiger partial charge on any atom is -0.420 e. The summed E-state index contributed by atoms with van der Waals surface area (Å²) in [6.07, 6.45) is 2.13. The van der Waals surface area contributed by atoms with Gasteiger partial charge in [-0.2, -0.15) is 0 Å². The van der Waals surface area contributed by atoms with Gasteiger partial charge in [0.1, 0.15) is 22.9 Å². The van der Waals surface area contributed by atoms with Crippen LogP contribution in [0, 0.1) is 25.5 Å². The number of phosphoric ester groups is 1. The van der Waals surface area contributed by atoms with Gasteiger partial charge in [0.25, 0.3) is 11.8 Å². The number of aromatic nitrogens is 1. The first-order valence-corrected chi connectivity index (χ1v) is 18.8. The topological polar surface area (TPSA) is 186 Å². The predicted molar refractivity (Wildman–Crippen MR) is 190 cm³/mol. The van der Waals surface area contributed by atoms with Crippen molar-refractivity contribution in [1.82, 2.24) is 14.8 Å². The van der Waals surface area contributed by atoms with Crippen LogP contribution < -0.4 is 20.0 Å². The molecule has 1 aromatic heterocycles. The SMILES string of the molecule is CC1=NO[C@@]2(CC[C@H](C)N3C[C@H]2n2cc(C(=O)NCc4ccc(F)cc4F)c(=O)c(OC(=O)CC(C)(C)c4c(C)cc(C)cc4OP(=O)(O)O)c2C3=O)C1. The lowest BCUT2D eigenvalue weighted by molar-refractivity contribution is -0.135. The molecule has 1 spiro atoms. The Labute approximate surface area is 309 Å². The quantitative estimate of drug-likeness (QED) is 0.195. The van der Waals surface area contributed by atoms with E-state index in [-0.39, 0.29) is 29.6 Å². The van der Waals surface area contributed by atoms with Crippen molar-refractivity contribution in [2.75, 3.05) is 6.54 Å². The van der Waals surface area contributed by atoms with Crippen LogP contribution in [0.25, 0.3) is 0 Å². The molecule has 3 aliphatic rings. The van der Waals surface area contributed by atoms with Crippen LogP contribution in [0.15, 0.2) is 46.5 Å². The Bertz CT molecular complexity index is 2220. The molecule has 2 amide bonds. The first kappa shape index (κ1) is 38.8. The first-order valence-electron chi connectivity index (χ1n) is 17.3. The number of rotatable bonds is 9. The highest BCUT2D eigenvalue weighted by molar-refractivity contribution is 7.46. The van der Waals surface area contributed by atoms with E-state index in [1.165, 1.54) is 16.8 Å². The van der Waals surface area contributed by atoms with Gasteiger partial charge < -0.3 is 28.9 Å². The lowest BCUT2D eigenvalue weighted by Crippen LogP contribution is -2.52. The summed E-state index contributed by atoms with van der Waals surface area (Å²) in [6, 6.07) is 5.01. The molecular weight excluding hydrogens is 729 g/mol. The van der Waals surface area contributed by atoms with E-state index in [2.05, 4.69) is 10.5 Å². The van der Waals surface area contributed by atoms with Gasteiger partial charge in [0.2, 0.25) is 11.2 Å². The smallest absolute Gasteiger partial charge is 0.420 e. The van der Waals surface area contributed by atoms with Gasteiger partial charge in [0, 0.05) is 54.4 Å². The number of pyridine rings is 1. The van der Waals surface area contributed by atoms with Crippen molar-refractivity contribution in [2.24, 2.45) is 5.16 Å². The van der Waals surface area contributed by atoms with Gasteiger partial charge in [-0.1, -0.05) is 31.1 Å². The van der Waals surface area contributed by atoms with Crippen molar-refractivity contribution in [3.63, 3.8) is 0 Å². The Hall–Kier alpha value is -4.92. The highest BCUT2D eigenvalue weighted by atomic mass is 31.2. The first-order chi connectivity index (χ1) is 25.2. The summed E-state index contributed by atoms with van der Waals surface area (Å²) in [5, 5.41) is 6.68. The Morgan fingerprint density at radius 2 is 1.87 bits per heavy atom. The number of benzene rings is 2. The molecule has 3 atom stereocenters. The van der Waals surface area contributed by atoms with Gasteiger partial charge in [0.15, 0.2) is 11.3 Å². The average molecular weight is 771 g/mol. The number of aryl methyl sites for hydroxylation is 2. The van der Waals surface area contributed by atoms with Gasteiger partial charge in [-0.15, -0.1) is 0 Å². The number of hydrogen-bond donors (Lipinski definition) is 3. The molecule has 2 aromatic carbocycles. The molecule has 0 unspecified atom stereocenters. The number of phosphoric acid groups is 1. The van der Waals surface area contributed by atoms with E-state index < -0.39 is 84.0 Å². The second-order valence-corrected chi connectivity index (χ2v) is 16.1. The van der Waals surface area contributed by atoms with Gasteiger partial charge in [0.05, 0.1) is 18.2 Å². The average Bonchev–Trinajstić information content (AvgIpc) is 3.38. The third-order valence-corrected chi connectivity index (χ3v) is 10.7. The molecule has 0 radical (unpaired) electrons. The van der Waals surface area contributed by atoms with Gasteiger partial charge in [-0.05, 0) is 63.8 Å². The summed E-state index contributed by atoms with van der Waals surface area (Å²) in [5.74, 6) is -5.16. The van der Waals surface area contributed by atoms with Gasteiger partial charge in [-0.3, -0.25) is 29.0 Å². The highest BCUT2D eigenvalue weighted by Gasteiger charge is 2.54. The van der Waals surface area contributed by atoms with E-state index >= 15 is 0 Å². The van der Waals surface area contributed by atoms with Gasteiger partial charge >= 0.3 is 13.8 Å². The van der Waals surface area contributed by atoms with Crippen molar-refractivity contribution < 1.29 is 51.6 Å². The molecule has 4 heterocycles. The summed E-state index contributed by atoms with van der Waals surface area (Å²) in [6.45, 7) is 10.0. The Morgan fingerprint density at radius 1 is 1.15 bits per heavy atom. The second kappa shape index (κ2) is 14.1. The summed E-state index contributed by atoms with van der Waals surface area (Å²) in [7, 11) is -5.02. The van der Waals surface area contributed by atoms with Crippen LogP contribution in [0.2, 0.25) is 0 Å². The molecule has 6 rings (SSSR count). The number of fused-ring (bicyclic) bond motifs is 5. The minimum atomic E-state index is -5.02. The van der Waals surface area contributed by atoms with E-state index in [4.69, 9.17) is 14.1 Å². The molecular formula is C37H41F2N4O10P. The van der Waals surface area contributed by atoms with Crippen LogP contribution in [0.3, 0.4) is 0 Å². The monoisotopic (exact) mass is 770 g/mol. The maximum Gasteiger partial charge on any atom is 0.524 e. The van der Waals surface area contributed by atoms with E-state index in [1.54, 1.807) is 45.6 Å². The number of carbonyl (C=O) groups is 3. The number of hydrogen-bond acceptors (Lipinski definition) is 9. The number of ether oxygens (including phenoxy) is 1. The van der Waals surface area contributed by atoms with Crippen LogP contribution in [-0.2, 0) is 26.2 Å². The lowest BCUT2D eigenvalue weighted by atomic mass is 9.78. The van der Waals surface area contributed by atoms with Crippen molar-refractivity contribution in [3.8, 4) is 11.5 Å². The lowest BCUT2D eigenvalue weighted by Gasteiger charge is -2.42. The maximum atomic E-state index is 14.4. The van der Waals surface area contributed by atoms with Crippen molar-refractivity contribution >= 4 is 31.3 Å². The summed E-state index contributed by atoms with van der Waals surface area (Å²) in [5.41, 5.74) is -1.91. The fourth-order valence-corrected chi connectivity index (χ4v) is 8.30. The zero-order chi connectivity index (χ0) is 39.5. The minimum absolute atomic E-state index is 0.0558. The van der Waals surface area contributed by atoms with Crippen LogP contribution in [0.4, 0.5) is 8.78 Å². The summed E-state index contributed by atoms with van der Waals surface area (Å²) >= 11 is 0. The van der Waals surface area contributed by atoms with E-state index in [0.29, 0.717) is 47.7 Å². The second-order valence-electron chi connectivity index (χ2n) is 15.0. The molecule has 2 bridgehead atoms. The van der Waals surface area contributed by atoms with Crippen molar-refractivity contribution in [3.05, 3.63) is 91.9 Å². The summed E-state index contributed by atoms with van der Waals surface area (Å²) < 4.78 is 52.1. The van der Waals surface area contributed by atoms with Crippen molar-refractivity contribution in [2.45, 2.75) is 96.9 Å². The number of nitrogens with one attached hydrogen (secondary N) is 1. The number of nitrogens with zero attached hydrogens (tertiary/aromatic N) is 3.